The van der Waals surface area contributed by atoms with Crippen LogP contribution in [0.2, 0.25) is 0 Å². The lowest BCUT2D eigenvalue weighted by Gasteiger charge is -2.11. The molecular formula is C12H13IO4. The second-order valence-corrected chi connectivity index (χ2v) is 4.30. The first-order valence-corrected chi connectivity index (χ1v) is 6.07. The van der Waals surface area contributed by atoms with Gasteiger partial charge in [0.05, 0.1) is 17.3 Å². The van der Waals surface area contributed by atoms with E-state index in [0.717, 1.165) is 15.2 Å². The van der Waals surface area contributed by atoms with Crippen molar-refractivity contribution >= 4 is 34.6 Å². The third-order valence-electron chi connectivity index (χ3n) is 1.95. The summed E-state index contributed by atoms with van der Waals surface area (Å²) in [5.74, 6) is 0.306. The highest BCUT2D eigenvalue weighted by molar-refractivity contribution is 14.1. The van der Waals surface area contributed by atoms with Gasteiger partial charge in [-0.2, -0.15) is 0 Å². The zero-order valence-corrected chi connectivity index (χ0v) is 11.7. The third kappa shape index (κ3) is 3.92. The van der Waals surface area contributed by atoms with Gasteiger partial charge in [0.15, 0.2) is 11.5 Å². The standard InChI is InChI=1S/C12H13IO4/c1-3-17-10-7-8(4-5-11(14)15)6-9(13)12(10)16-2/h4-7H,3H2,1-2H3,(H,14,15)/b5-4+. The molecule has 0 aliphatic carbocycles. The van der Waals surface area contributed by atoms with Crippen LogP contribution in [0.5, 0.6) is 11.5 Å². The van der Waals surface area contributed by atoms with Gasteiger partial charge >= 0.3 is 5.97 Å². The largest absolute Gasteiger partial charge is 0.492 e. The van der Waals surface area contributed by atoms with Crippen LogP contribution >= 0.6 is 22.6 Å². The Hall–Kier alpha value is -1.24. The van der Waals surface area contributed by atoms with E-state index in [1.807, 2.05) is 13.0 Å². The SMILES string of the molecule is CCOc1cc(/C=C/C(=O)O)cc(I)c1OC. The van der Waals surface area contributed by atoms with Crippen molar-refractivity contribution in [3.8, 4) is 11.5 Å². The lowest BCUT2D eigenvalue weighted by molar-refractivity contribution is -0.131. The van der Waals surface area contributed by atoms with E-state index >= 15 is 0 Å². The van der Waals surface area contributed by atoms with E-state index in [9.17, 15) is 4.79 Å². The fraction of sp³-hybridized carbons (Fsp3) is 0.250. The molecule has 1 rings (SSSR count). The maximum Gasteiger partial charge on any atom is 0.328 e. The number of hydrogen-bond donors (Lipinski definition) is 1. The van der Waals surface area contributed by atoms with Crippen LogP contribution in [-0.4, -0.2) is 24.8 Å². The normalized spacial score (nSPS) is 10.5. The van der Waals surface area contributed by atoms with Gasteiger partial charge in [0.1, 0.15) is 0 Å². The number of methoxy groups -OCH3 is 1. The summed E-state index contributed by atoms with van der Waals surface area (Å²) in [5, 5.41) is 8.57. The number of rotatable bonds is 5. The molecule has 0 saturated carbocycles. The number of hydrogen-bond acceptors (Lipinski definition) is 3. The lowest BCUT2D eigenvalue weighted by atomic mass is 10.2. The van der Waals surface area contributed by atoms with Crippen LogP contribution in [-0.2, 0) is 4.79 Å². The molecule has 5 heteroatoms. The number of benzene rings is 1. The van der Waals surface area contributed by atoms with Crippen LogP contribution in [0.3, 0.4) is 0 Å². The summed E-state index contributed by atoms with van der Waals surface area (Å²) >= 11 is 2.12. The van der Waals surface area contributed by atoms with Crippen molar-refractivity contribution in [3.63, 3.8) is 0 Å². The number of ether oxygens (including phenoxy) is 2. The summed E-state index contributed by atoms with van der Waals surface area (Å²) in [4.78, 5) is 10.4. The summed E-state index contributed by atoms with van der Waals surface area (Å²) in [6, 6.07) is 3.59. The van der Waals surface area contributed by atoms with Gasteiger partial charge in [-0.15, -0.1) is 0 Å². The molecule has 0 amide bonds. The summed E-state index contributed by atoms with van der Waals surface area (Å²) in [6.07, 6.45) is 2.61. The molecule has 1 aromatic carbocycles. The average Bonchev–Trinajstić information content (AvgIpc) is 2.26. The Balaban J connectivity index is 3.14. The minimum absolute atomic E-state index is 0.526. The monoisotopic (exact) mass is 348 g/mol. The van der Waals surface area contributed by atoms with E-state index < -0.39 is 5.97 Å². The minimum atomic E-state index is -0.978. The van der Waals surface area contributed by atoms with E-state index in [1.54, 1.807) is 13.2 Å². The first-order chi connectivity index (χ1) is 8.08. The topological polar surface area (TPSA) is 55.8 Å². The smallest absolute Gasteiger partial charge is 0.328 e. The van der Waals surface area contributed by atoms with Crippen molar-refractivity contribution in [2.75, 3.05) is 13.7 Å². The predicted octanol–water partition coefficient (Wildman–Crippen LogP) is 2.80. The molecule has 1 N–H and O–H groups in total. The van der Waals surface area contributed by atoms with Crippen LogP contribution in [0.15, 0.2) is 18.2 Å². The third-order valence-corrected chi connectivity index (χ3v) is 2.76. The van der Waals surface area contributed by atoms with Crippen LogP contribution in [0.4, 0.5) is 0 Å². The van der Waals surface area contributed by atoms with Crippen molar-refractivity contribution in [1.29, 1.82) is 0 Å². The number of aliphatic carboxylic acids is 1. The maximum absolute atomic E-state index is 10.4. The predicted molar refractivity (Wildman–Crippen MR) is 73.5 cm³/mol. The Morgan fingerprint density at radius 3 is 2.76 bits per heavy atom. The van der Waals surface area contributed by atoms with Gasteiger partial charge in [-0.05, 0) is 53.3 Å². The van der Waals surface area contributed by atoms with Gasteiger partial charge in [-0.1, -0.05) is 0 Å². The number of carboxylic acid groups (broad SMARTS) is 1. The van der Waals surface area contributed by atoms with E-state index in [0.29, 0.717) is 18.1 Å². The van der Waals surface area contributed by atoms with Crippen LogP contribution < -0.4 is 9.47 Å². The van der Waals surface area contributed by atoms with E-state index in [4.69, 9.17) is 14.6 Å². The van der Waals surface area contributed by atoms with Gasteiger partial charge in [0.2, 0.25) is 0 Å². The van der Waals surface area contributed by atoms with Gasteiger partial charge in [-0.25, -0.2) is 4.79 Å². The Morgan fingerprint density at radius 2 is 2.24 bits per heavy atom. The molecule has 0 atom stereocenters. The van der Waals surface area contributed by atoms with Crippen molar-refractivity contribution in [3.05, 3.63) is 27.3 Å². The molecule has 0 fully saturated rings. The van der Waals surface area contributed by atoms with Gasteiger partial charge in [0.25, 0.3) is 0 Å². The van der Waals surface area contributed by atoms with Crippen LogP contribution in [0.1, 0.15) is 12.5 Å². The molecule has 0 unspecified atom stereocenters. The Labute approximate surface area is 113 Å². The van der Waals surface area contributed by atoms with Crippen molar-refractivity contribution in [2.45, 2.75) is 6.92 Å². The highest BCUT2D eigenvalue weighted by Gasteiger charge is 2.09. The zero-order valence-electron chi connectivity index (χ0n) is 9.57. The molecule has 0 aliphatic heterocycles. The highest BCUT2D eigenvalue weighted by Crippen LogP contribution is 2.34. The molecule has 0 aliphatic rings. The molecule has 4 nitrogen and oxygen atoms in total. The van der Waals surface area contributed by atoms with E-state index in [2.05, 4.69) is 22.6 Å². The first kappa shape index (κ1) is 13.8. The lowest BCUT2D eigenvalue weighted by Crippen LogP contribution is -1.98. The molecule has 17 heavy (non-hydrogen) atoms. The maximum atomic E-state index is 10.4. The number of carbonyl (C=O) groups is 1. The zero-order chi connectivity index (χ0) is 12.8. The quantitative estimate of drug-likeness (QED) is 0.657. The Bertz CT molecular complexity index is 440. The van der Waals surface area contributed by atoms with Gasteiger partial charge in [0, 0.05) is 6.08 Å². The number of halogens is 1. The summed E-state index contributed by atoms with van der Waals surface area (Å²) in [7, 11) is 1.58. The molecule has 0 radical (unpaired) electrons. The van der Waals surface area contributed by atoms with Crippen molar-refractivity contribution < 1.29 is 19.4 Å². The fourth-order valence-corrected chi connectivity index (χ4v) is 2.16. The fourth-order valence-electron chi connectivity index (χ4n) is 1.31. The Morgan fingerprint density at radius 1 is 1.53 bits per heavy atom. The first-order valence-electron chi connectivity index (χ1n) is 4.99. The number of carboxylic acids is 1. The molecular weight excluding hydrogens is 335 g/mol. The minimum Gasteiger partial charge on any atom is -0.492 e. The Kier molecular flexibility index (Phi) is 5.27. The van der Waals surface area contributed by atoms with Crippen molar-refractivity contribution in [1.82, 2.24) is 0 Å². The van der Waals surface area contributed by atoms with E-state index in [1.165, 1.54) is 6.08 Å². The highest BCUT2D eigenvalue weighted by atomic mass is 127. The average molecular weight is 348 g/mol. The second kappa shape index (κ2) is 6.48. The molecule has 0 heterocycles. The summed E-state index contributed by atoms with van der Waals surface area (Å²) in [5.41, 5.74) is 0.765. The molecule has 0 spiro atoms. The molecule has 92 valence electrons. The summed E-state index contributed by atoms with van der Waals surface area (Å²) < 4.78 is 11.6. The molecule has 0 bridgehead atoms. The van der Waals surface area contributed by atoms with Gasteiger partial charge < -0.3 is 14.6 Å². The second-order valence-electron chi connectivity index (χ2n) is 3.14. The van der Waals surface area contributed by atoms with Crippen molar-refractivity contribution in [2.24, 2.45) is 0 Å². The van der Waals surface area contributed by atoms with Gasteiger partial charge in [-0.3, -0.25) is 0 Å². The van der Waals surface area contributed by atoms with E-state index in [-0.39, 0.29) is 0 Å². The summed E-state index contributed by atoms with van der Waals surface area (Å²) in [6.45, 7) is 2.41. The molecule has 0 aromatic heterocycles. The van der Waals surface area contributed by atoms with Crippen LogP contribution in [0.25, 0.3) is 6.08 Å². The molecule has 0 saturated heterocycles. The van der Waals surface area contributed by atoms with Crippen LogP contribution in [0, 0.1) is 3.57 Å². The molecule has 1 aromatic rings.